The maximum atomic E-state index is 13.0. The summed E-state index contributed by atoms with van der Waals surface area (Å²) in [4.78, 5) is 25.9. The lowest BCUT2D eigenvalue weighted by Gasteiger charge is -2.10. The van der Waals surface area contributed by atoms with E-state index in [2.05, 4.69) is 0 Å². The molecule has 5 rings (SSSR count). The van der Waals surface area contributed by atoms with Crippen LogP contribution in [-0.2, 0) is 0 Å². The molecule has 0 atom stereocenters. The fourth-order valence-corrected chi connectivity index (χ4v) is 4.30. The highest BCUT2D eigenvalue weighted by atomic mass is 35.5. The van der Waals surface area contributed by atoms with Crippen LogP contribution in [0, 0.1) is 13.8 Å². The summed E-state index contributed by atoms with van der Waals surface area (Å²) in [6, 6.07) is 13.1. The first-order chi connectivity index (χ1) is 14.4. The molecule has 0 radical (unpaired) electrons. The van der Waals surface area contributed by atoms with Crippen LogP contribution in [0.25, 0.3) is 28.6 Å². The molecule has 0 amide bonds. The van der Waals surface area contributed by atoms with Crippen molar-refractivity contribution in [1.82, 2.24) is 0 Å². The maximum Gasteiger partial charge on any atom is 0.199 e. The molecule has 2 aromatic heterocycles. The highest BCUT2D eigenvalue weighted by molar-refractivity contribution is 6.50. The summed E-state index contributed by atoms with van der Waals surface area (Å²) in [6.45, 7) is 3.53. The van der Waals surface area contributed by atoms with Gasteiger partial charge in [0.2, 0.25) is 0 Å². The fourth-order valence-electron chi connectivity index (χ4n) is 3.74. The normalized spacial score (nSPS) is 14.9. The number of allylic oxidation sites excluding steroid dienone is 1. The number of fused-ring (bicyclic) bond motifs is 2. The second-order valence-corrected chi connectivity index (χ2v) is 7.95. The minimum absolute atomic E-state index is 0.00338. The van der Waals surface area contributed by atoms with E-state index in [1.807, 2.05) is 30.3 Å². The minimum Gasteiger partial charge on any atom is -0.453 e. The topological polar surface area (TPSA) is 60.4 Å². The van der Waals surface area contributed by atoms with Gasteiger partial charge in [-0.15, -0.1) is 0 Å². The Morgan fingerprint density at radius 2 is 1.47 bits per heavy atom. The van der Waals surface area contributed by atoms with Gasteiger partial charge >= 0.3 is 0 Å². The number of furan rings is 2. The number of carbonyl (C=O) groups is 2. The first-order valence-corrected chi connectivity index (χ1v) is 10.0. The van der Waals surface area contributed by atoms with Crippen LogP contribution in [0.2, 0.25) is 10.0 Å². The van der Waals surface area contributed by atoms with Crippen molar-refractivity contribution in [2.24, 2.45) is 0 Å². The molecule has 0 bridgehead atoms. The van der Waals surface area contributed by atoms with E-state index in [0.717, 1.165) is 5.56 Å². The molecule has 0 saturated carbocycles. The van der Waals surface area contributed by atoms with Crippen LogP contribution >= 0.6 is 23.2 Å². The van der Waals surface area contributed by atoms with Crippen molar-refractivity contribution in [2.75, 3.05) is 0 Å². The van der Waals surface area contributed by atoms with Crippen molar-refractivity contribution in [3.8, 4) is 11.3 Å². The number of halogens is 2. The first kappa shape index (κ1) is 18.9. The quantitative estimate of drug-likeness (QED) is 0.248. The lowest BCUT2D eigenvalue weighted by Crippen LogP contribution is -2.01. The third-order valence-electron chi connectivity index (χ3n) is 5.44. The molecule has 4 aromatic rings. The Kier molecular flexibility index (Phi) is 4.24. The zero-order valence-electron chi connectivity index (χ0n) is 16.0. The highest BCUT2D eigenvalue weighted by Gasteiger charge is 2.38. The van der Waals surface area contributed by atoms with Crippen LogP contribution in [0.5, 0.6) is 0 Å². The van der Waals surface area contributed by atoms with Gasteiger partial charge in [0.25, 0.3) is 0 Å². The van der Waals surface area contributed by atoms with E-state index in [1.54, 1.807) is 26.0 Å². The Morgan fingerprint density at radius 1 is 0.800 bits per heavy atom. The minimum atomic E-state index is -0.456. The van der Waals surface area contributed by atoms with Crippen molar-refractivity contribution < 1.29 is 18.4 Å². The second-order valence-electron chi connectivity index (χ2n) is 7.20. The van der Waals surface area contributed by atoms with Gasteiger partial charge in [-0.05, 0) is 31.1 Å². The van der Waals surface area contributed by atoms with Crippen LogP contribution in [-0.4, -0.2) is 11.6 Å². The molecule has 2 heterocycles. The monoisotopic (exact) mass is 436 g/mol. The Hall–Kier alpha value is -3.08. The van der Waals surface area contributed by atoms with Gasteiger partial charge in [0.1, 0.15) is 11.5 Å². The predicted octanol–water partition coefficient (Wildman–Crippen LogP) is 7.08. The Labute approximate surface area is 181 Å². The highest BCUT2D eigenvalue weighted by Crippen LogP contribution is 2.41. The van der Waals surface area contributed by atoms with Gasteiger partial charge in [-0.2, -0.15) is 0 Å². The molecule has 0 N–H and O–H groups in total. The standard InChI is InChI=1S/C24H14Cl2O4/c1-11-12(2)21(25)22(26)20-19(11)23(27)15(24(20)28)8-14-9-17-18(29-14)10-16(30-17)13-6-4-3-5-7-13/h3-10H,1-2H3/b15-8-. The molecule has 148 valence electrons. The molecule has 6 heteroatoms. The van der Waals surface area contributed by atoms with Crippen molar-refractivity contribution in [2.45, 2.75) is 13.8 Å². The van der Waals surface area contributed by atoms with Gasteiger partial charge in [-0.1, -0.05) is 53.5 Å². The summed E-state index contributed by atoms with van der Waals surface area (Å²) in [7, 11) is 0. The molecule has 4 nitrogen and oxygen atoms in total. The average molecular weight is 437 g/mol. The number of ketones is 2. The molecule has 1 aliphatic carbocycles. The zero-order valence-corrected chi connectivity index (χ0v) is 17.5. The van der Waals surface area contributed by atoms with Gasteiger partial charge in [-0.25, -0.2) is 0 Å². The first-order valence-electron chi connectivity index (χ1n) is 9.25. The van der Waals surface area contributed by atoms with Gasteiger partial charge < -0.3 is 8.83 Å². The SMILES string of the molecule is Cc1c(C)c2c(c(Cl)c1Cl)C(=O)/C(=C\c1cc3oc(-c4ccccc4)cc3o1)C2=O. The summed E-state index contributed by atoms with van der Waals surface area (Å²) in [5.41, 5.74) is 3.79. The molecule has 2 aromatic carbocycles. The maximum absolute atomic E-state index is 13.0. The Morgan fingerprint density at radius 3 is 2.17 bits per heavy atom. The lowest BCUT2D eigenvalue weighted by atomic mass is 9.99. The van der Waals surface area contributed by atoms with Crippen LogP contribution in [0.3, 0.4) is 0 Å². The summed E-state index contributed by atoms with van der Waals surface area (Å²) in [5.74, 6) is 0.191. The largest absolute Gasteiger partial charge is 0.453 e. The van der Waals surface area contributed by atoms with Crippen LogP contribution in [0.1, 0.15) is 37.6 Å². The van der Waals surface area contributed by atoms with E-state index in [9.17, 15) is 9.59 Å². The summed E-state index contributed by atoms with van der Waals surface area (Å²) in [6.07, 6.45) is 1.43. The second kappa shape index (κ2) is 6.73. The molecule has 0 aliphatic heterocycles. The third-order valence-corrected chi connectivity index (χ3v) is 6.39. The summed E-state index contributed by atoms with van der Waals surface area (Å²) in [5, 5.41) is 0.400. The van der Waals surface area contributed by atoms with E-state index < -0.39 is 5.78 Å². The number of benzene rings is 2. The van der Waals surface area contributed by atoms with Crippen molar-refractivity contribution in [1.29, 1.82) is 0 Å². The molecular formula is C24H14Cl2O4. The average Bonchev–Trinajstić information content (AvgIpc) is 3.38. The lowest BCUT2D eigenvalue weighted by molar-refractivity contribution is 0.0990. The molecule has 0 unspecified atom stereocenters. The molecule has 1 aliphatic rings. The van der Waals surface area contributed by atoms with Gasteiger partial charge in [0, 0.05) is 23.3 Å². The summed E-state index contributed by atoms with van der Waals surface area (Å²) >= 11 is 12.5. The van der Waals surface area contributed by atoms with Crippen molar-refractivity contribution >= 4 is 52.0 Å². The predicted molar refractivity (Wildman–Crippen MR) is 116 cm³/mol. The van der Waals surface area contributed by atoms with E-state index in [0.29, 0.717) is 44.4 Å². The van der Waals surface area contributed by atoms with Gasteiger partial charge in [-0.3, -0.25) is 9.59 Å². The molecule has 0 spiro atoms. The third kappa shape index (κ3) is 2.68. The van der Waals surface area contributed by atoms with E-state index in [1.165, 1.54) is 6.08 Å². The summed E-state index contributed by atoms with van der Waals surface area (Å²) < 4.78 is 11.7. The van der Waals surface area contributed by atoms with Gasteiger partial charge in [0.05, 0.1) is 21.2 Å². The number of Topliss-reactive ketones (excluding diaryl/α,β-unsaturated/α-hetero) is 2. The smallest absolute Gasteiger partial charge is 0.199 e. The number of rotatable bonds is 2. The molecular weight excluding hydrogens is 423 g/mol. The van der Waals surface area contributed by atoms with Crippen LogP contribution in [0.4, 0.5) is 0 Å². The number of carbonyl (C=O) groups excluding carboxylic acids is 2. The zero-order chi connectivity index (χ0) is 21.2. The molecule has 30 heavy (non-hydrogen) atoms. The van der Waals surface area contributed by atoms with Crippen molar-refractivity contribution in [3.05, 3.63) is 86.1 Å². The van der Waals surface area contributed by atoms with Crippen LogP contribution in [0.15, 0.2) is 56.9 Å². The number of hydrogen-bond acceptors (Lipinski definition) is 4. The molecule has 0 fully saturated rings. The molecule has 0 saturated heterocycles. The van der Waals surface area contributed by atoms with E-state index in [4.69, 9.17) is 32.0 Å². The number of hydrogen-bond donors (Lipinski definition) is 0. The Balaban J connectivity index is 1.57. The van der Waals surface area contributed by atoms with Crippen LogP contribution < -0.4 is 0 Å². The van der Waals surface area contributed by atoms with Gasteiger partial charge in [0.15, 0.2) is 22.7 Å². The fraction of sp³-hybridized carbons (Fsp3) is 0.0833. The van der Waals surface area contributed by atoms with E-state index >= 15 is 0 Å². The van der Waals surface area contributed by atoms with E-state index in [-0.39, 0.29) is 21.9 Å². The van der Waals surface area contributed by atoms with Crippen molar-refractivity contribution in [3.63, 3.8) is 0 Å². The Bertz CT molecular complexity index is 1320.